The Bertz CT molecular complexity index is 993. The molecule has 0 N–H and O–H groups in total. The van der Waals surface area contributed by atoms with Crippen molar-refractivity contribution in [3.8, 4) is 5.75 Å². The molecule has 0 unspecified atom stereocenters. The SMILES string of the molecule is CN1CCN(C(=O)c2coc(COc3cccc4cccnc34)n2)CC1(C)C. The lowest BCUT2D eigenvalue weighted by molar-refractivity contribution is 0.0307. The molecule has 1 amide bonds. The van der Waals surface area contributed by atoms with Gasteiger partial charge in [0, 0.05) is 36.8 Å². The summed E-state index contributed by atoms with van der Waals surface area (Å²) in [5.74, 6) is 0.915. The minimum Gasteiger partial charge on any atom is -0.482 e. The summed E-state index contributed by atoms with van der Waals surface area (Å²) in [7, 11) is 2.08. The number of hydrogen-bond donors (Lipinski definition) is 0. The molecule has 1 fully saturated rings. The Hall–Kier alpha value is -2.93. The first-order valence-corrected chi connectivity index (χ1v) is 9.35. The monoisotopic (exact) mass is 380 g/mol. The van der Waals surface area contributed by atoms with Crippen molar-refractivity contribution in [1.82, 2.24) is 19.8 Å². The number of piperazine rings is 1. The summed E-state index contributed by atoms with van der Waals surface area (Å²) < 4.78 is 11.3. The molecule has 146 valence electrons. The summed E-state index contributed by atoms with van der Waals surface area (Å²) in [6.07, 6.45) is 3.14. The maximum atomic E-state index is 12.8. The molecule has 0 spiro atoms. The molecule has 0 bridgehead atoms. The smallest absolute Gasteiger partial charge is 0.275 e. The largest absolute Gasteiger partial charge is 0.482 e. The zero-order chi connectivity index (χ0) is 19.7. The van der Waals surface area contributed by atoms with E-state index in [2.05, 4.69) is 35.8 Å². The van der Waals surface area contributed by atoms with Crippen LogP contribution in [0.1, 0.15) is 30.2 Å². The normalized spacial score (nSPS) is 17.0. The predicted octanol–water partition coefficient (Wildman–Crippen LogP) is 2.97. The van der Waals surface area contributed by atoms with Gasteiger partial charge in [-0.3, -0.25) is 14.7 Å². The molecule has 0 radical (unpaired) electrons. The van der Waals surface area contributed by atoms with Gasteiger partial charge in [-0.05, 0) is 33.0 Å². The van der Waals surface area contributed by atoms with E-state index >= 15 is 0 Å². The number of pyridine rings is 1. The molecule has 0 aliphatic carbocycles. The minimum atomic E-state index is -0.108. The maximum absolute atomic E-state index is 12.8. The van der Waals surface area contributed by atoms with Crippen LogP contribution in [0.3, 0.4) is 0 Å². The van der Waals surface area contributed by atoms with Gasteiger partial charge in [-0.25, -0.2) is 4.98 Å². The number of hydrogen-bond acceptors (Lipinski definition) is 6. The Morgan fingerprint density at radius 2 is 2.07 bits per heavy atom. The van der Waals surface area contributed by atoms with Crippen molar-refractivity contribution < 1.29 is 13.9 Å². The van der Waals surface area contributed by atoms with Crippen LogP contribution >= 0.6 is 0 Å². The van der Waals surface area contributed by atoms with E-state index in [1.165, 1.54) is 6.26 Å². The Kier molecular flexibility index (Phi) is 4.77. The van der Waals surface area contributed by atoms with Crippen LogP contribution in [0.2, 0.25) is 0 Å². The summed E-state index contributed by atoms with van der Waals surface area (Å²) in [4.78, 5) is 25.6. The fourth-order valence-electron chi connectivity index (χ4n) is 3.38. The summed E-state index contributed by atoms with van der Waals surface area (Å²) in [5.41, 5.74) is 1.04. The van der Waals surface area contributed by atoms with E-state index < -0.39 is 0 Å². The van der Waals surface area contributed by atoms with Gasteiger partial charge in [-0.2, -0.15) is 0 Å². The zero-order valence-electron chi connectivity index (χ0n) is 16.4. The van der Waals surface area contributed by atoms with E-state index in [0.29, 0.717) is 30.4 Å². The number of carbonyl (C=O) groups is 1. The molecule has 1 saturated heterocycles. The molecule has 3 heterocycles. The highest BCUT2D eigenvalue weighted by Gasteiger charge is 2.34. The molecule has 7 heteroatoms. The zero-order valence-corrected chi connectivity index (χ0v) is 16.4. The average Bonchev–Trinajstić information content (AvgIpc) is 3.17. The fraction of sp³-hybridized carbons (Fsp3) is 0.381. The molecule has 3 aromatic rings. The highest BCUT2D eigenvalue weighted by Crippen LogP contribution is 2.24. The average molecular weight is 380 g/mol. The first-order valence-electron chi connectivity index (χ1n) is 9.35. The van der Waals surface area contributed by atoms with Crippen molar-refractivity contribution in [1.29, 1.82) is 0 Å². The molecule has 0 atom stereocenters. The van der Waals surface area contributed by atoms with E-state index in [-0.39, 0.29) is 18.1 Å². The second-order valence-corrected chi connectivity index (χ2v) is 7.71. The van der Waals surface area contributed by atoms with Crippen molar-refractivity contribution in [2.45, 2.75) is 26.0 Å². The Balaban J connectivity index is 1.44. The lowest BCUT2D eigenvalue weighted by Crippen LogP contribution is -2.58. The third kappa shape index (κ3) is 3.57. The molecule has 28 heavy (non-hydrogen) atoms. The third-order valence-corrected chi connectivity index (χ3v) is 5.32. The van der Waals surface area contributed by atoms with Crippen molar-refractivity contribution in [3.63, 3.8) is 0 Å². The van der Waals surface area contributed by atoms with E-state index in [9.17, 15) is 4.79 Å². The van der Waals surface area contributed by atoms with Crippen LogP contribution in [0, 0.1) is 0 Å². The van der Waals surface area contributed by atoms with Crippen LogP contribution in [0.4, 0.5) is 0 Å². The molecule has 7 nitrogen and oxygen atoms in total. The number of oxazole rings is 1. The minimum absolute atomic E-state index is 0.0645. The Morgan fingerprint density at radius 3 is 2.89 bits per heavy atom. The van der Waals surface area contributed by atoms with Crippen molar-refractivity contribution in [2.75, 3.05) is 26.7 Å². The fourth-order valence-corrected chi connectivity index (χ4v) is 3.38. The van der Waals surface area contributed by atoms with Crippen LogP contribution in [0.15, 0.2) is 47.2 Å². The predicted molar refractivity (Wildman–Crippen MR) is 105 cm³/mol. The van der Waals surface area contributed by atoms with Gasteiger partial charge in [-0.15, -0.1) is 0 Å². The highest BCUT2D eigenvalue weighted by atomic mass is 16.5. The van der Waals surface area contributed by atoms with Gasteiger partial charge in [0.05, 0.1) is 0 Å². The van der Waals surface area contributed by atoms with Crippen LogP contribution in [-0.2, 0) is 6.61 Å². The van der Waals surface area contributed by atoms with Crippen LogP contribution in [0.5, 0.6) is 5.75 Å². The number of nitrogens with zero attached hydrogens (tertiary/aromatic N) is 4. The van der Waals surface area contributed by atoms with Crippen LogP contribution in [0.25, 0.3) is 10.9 Å². The first kappa shape index (κ1) is 18.4. The van der Waals surface area contributed by atoms with Gasteiger partial charge >= 0.3 is 0 Å². The van der Waals surface area contributed by atoms with Gasteiger partial charge in [0.15, 0.2) is 12.3 Å². The number of ether oxygens (including phenoxy) is 1. The van der Waals surface area contributed by atoms with Crippen molar-refractivity contribution >= 4 is 16.8 Å². The lowest BCUT2D eigenvalue weighted by atomic mass is 9.99. The molecule has 4 rings (SSSR count). The number of carbonyl (C=O) groups excluding carboxylic acids is 1. The second kappa shape index (κ2) is 7.24. The molecular formula is C21H24N4O3. The van der Waals surface area contributed by atoms with Gasteiger partial charge < -0.3 is 14.1 Å². The second-order valence-electron chi connectivity index (χ2n) is 7.71. The summed E-state index contributed by atoms with van der Waals surface area (Å²) in [6.45, 7) is 6.57. The summed E-state index contributed by atoms with van der Waals surface area (Å²) in [6, 6.07) is 9.62. The summed E-state index contributed by atoms with van der Waals surface area (Å²) >= 11 is 0. The molecular weight excluding hydrogens is 356 g/mol. The number of fused-ring (bicyclic) bond motifs is 1. The molecule has 1 aliphatic rings. The molecule has 2 aromatic heterocycles. The first-order chi connectivity index (χ1) is 13.4. The van der Waals surface area contributed by atoms with E-state index in [0.717, 1.165) is 17.4 Å². The third-order valence-electron chi connectivity index (χ3n) is 5.32. The van der Waals surface area contributed by atoms with E-state index in [1.807, 2.05) is 35.2 Å². The summed E-state index contributed by atoms with van der Waals surface area (Å²) in [5, 5.41) is 1.00. The number of amides is 1. The maximum Gasteiger partial charge on any atom is 0.275 e. The number of benzene rings is 1. The van der Waals surface area contributed by atoms with Gasteiger partial charge in [0.1, 0.15) is 17.5 Å². The van der Waals surface area contributed by atoms with Crippen molar-refractivity contribution in [2.24, 2.45) is 0 Å². The lowest BCUT2D eigenvalue weighted by Gasteiger charge is -2.45. The highest BCUT2D eigenvalue weighted by molar-refractivity contribution is 5.92. The number of para-hydroxylation sites is 1. The quantitative estimate of drug-likeness (QED) is 0.693. The van der Waals surface area contributed by atoms with Crippen molar-refractivity contribution in [3.05, 3.63) is 54.4 Å². The van der Waals surface area contributed by atoms with Gasteiger partial charge in [0.25, 0.3) is 5.91 Å². The van der Waals surface area contributed by atoms with Gasteiger partial charge in [-0.1, -0.05) is 18.2 Å². The van der Waals surface area contributed by atoms with E-state index in [4.69, 9.17) is 9.15 Å². The standard InChI is InChI=1S/C21H24N4O3/c1-21(2)14-25(11-10-24(21)3)20(26)16-12-28-18(23-16)13-27-17-8-4-6-15-7-5-9-22-19(15)17/h4-9,12H,10-11,13-14H2,1-3H3. The van der Waals surface area contributed by atoms with Crippen LogP contribution < -0.4 is 4.74 Å². The Morgan fingerprint density at radius 1 is 1.25 bits per heavy atom. The number of likely N-dealkylation sites (N-methyl/N-ethyl adjacent to an activating group) is 1. The molecule has 1 aromatic carbocycles. The molecule has 1 aliphatic heterocycles. The Labute approximate surface area is 163 Å². The van der Waals surface area contributed by atoms with Gasteiger partial charge in [0.2, 0.25) is 5.89 Å². The van der Waals surface area contributed by atoms with Crippen LogP contribution in [-0.4, -0.2) is 57.9 Å². The van der Waals surface area contributed by atoms with E-state index in [1.54, 1.807) is 6.20 Å². The molecule has 0 saturated carbocycles. The topological polar surface area (TPSA) is 71.7 Å². The number of aromatic nitrogens is 2. The number of rotatable bonds is 4.